The molecule has 3 nitrogen and oxygen atoms in total. The molecule has 0 saturated heterocycles. The number of anilines is 1. The lowest BCUT2D eigenvalue weighted by Crippen LogP contribution is -2.33. The predicted octanol–water partition coefficient (Wildman–Crippen LogP) is 4.97. The van der Waals surface area contributed by atoms with Gasteiger partial charge in [-0.3, -0.25) is 4.79 Å². The van der Waals surface area contributed by atoms with Gasteiger partial charge in [0.1, 0.15) is 5.75 Å². The zero-order chi connectivity index (χ0) is 17.7. The molecule has 2 aromatic rings. The van der Waals surface area contributed by atoms with Crippen LogP contribution in [-0.4, -0.2) is 12.0 Å². The van der Waals surface area contributed by atoms with E-state index in [1.807, 2.05) is 52.0 Å². The Morgan fingerprint density at radius 2 is 1.83 bits per heavy atom. The smallest absolute Gasteiger partial charge is 0.265 e. The number of benzene rings is 2. The summed E-state index contributed by atoms with van der Waals surface area (Å²) in [6, 6.07) is 12.1. The van der Waals surface area contributed by atoms with E-state index in [-0.39, 0.29) is 5.91 Å². The summed E-state index contributed by atoms with van der Waals surface area (Å²) in [5.74, 6) is 0.671. The number of rotatable bonds is 6. The van der Waals surface area contributed by atoms with Gasteiger partial charge in [0.2, 0.25) is 0 Å². The number of hydrogen-bond donors (Lipinski definition) is 1. The average Bonchev–Trinajstić information content (AvgIpc) is 2.56. The molecular weight excluding hydrogens is 298 g/mol. The number of aryl methyl sites for hydroxylation is 4. The molecule has 0 aliphatic carbocycles. The van der Waals surface area contributed by atoms with Crippen LogP contribution in [0.3, 0.4) is 0 Å². The zero-order valence-corrected chi connectivity index (χ0v) is 15.3. The molecule has 0 heterocycles. The molecule has 0 saturated carbocycles. The summed E-state index contributed by atoms with van der Waals surface area (Å²) in [4.78, 5) is 12.7. The highest BCUT2D eigenvalue weighted by atomic mass is 16.5. The lowest BCUT2D eigenvalue weighted by atomic mass is 10.1. The minimum Gasteiger partial charge on any atom is -0.480 e. The van der Waals surface area contributed by atoms with E-state index in [2.05, 4.69) is 24.4 Å². The van der Waals surface area contributed by atoms with E-state index < -0.39 is 6.10 Å². The van der Waals surface area contributed by atoms with Crippen LogP contribution in [0.15, 0.2) is 36.4 Å². The van der Waals surface area contributed by atoms with Crippen molar-refractivity contribution in [1.29, 1.82) is 0 Å². The third-order valence-corrected chi connectivity index (χ3v) is 4.25. The third-order valence-electron chi connectivity index (χ3n) is 4.25. The Balaban J connectivity index is 2.18. The number of hydrogen-bond acceptors (Lipinski definition) is 2. The molecule has 0 fully saturated rings. The van der Waals surface area contributed by atoms with Crippen molar-refractivity contribution in [3.8, 4) is 5.75 Å². The van der Waals surface area contributed by atoms with Gasteiger partial charge in [0.25, 0.3) is 5.91 Å². The third kappa shape index (κ3) is 4.16. The van der Waals surface area contributed by atoms with Gasteiger partial charge < -0.3 is 10.1 Å². The van der Waals surface area contributed by atoms with Crippen LogP contribution in [0.25, 0.3) is 0 Å². The Morgan fingerprint density at radius 3 is 2.46 bits per heavy atom. The van der Waals surface area contributed by atoms with Gasteiger partial charge in [-0.2, -0.15) is 0 Å². The molecule has 1 atom stereocenters. The molecule has 2 aromatic carbocycles. The molecular formula is C21H27NO2. The first-order valence-electron chi connectivity index (χ1n) is 8.59. The summed E-state index contributed by atoms with van der Waals surface area (Å²) in [5, 5.41) is 3.07. The van der Waals surface area contributed by atoms with Crippen molar-refractivity contribution in [2.45, 2.75) is 53.6 Å². The summed E-state index contributed by atoms with van der Waals surface area (Å²) in [6.07, 6.45) is 0.995. The van der Waals surface area contributed by atoms with E-state index in [0.29, 0.717) is 6.42 Å². The second-order valence-corrected chi connectivity index (χ2v) is 6.24. The molecule has 0 bridgehead atoms. The van der Waals surface area contributed by atoms with Gasteiger partial charge in [0.05, 0.1) is 0 Å². The van der Waals surface area contributed by atoms with Gasteiger partial charge in [-0.1, -0.05) is 49.7 Å². The fourth-order valence-electron chi connectivity index (χ4n) is 2.81. The summed E-state index contributed by atoms with van der Waals surface area (Å²) >= 11 is 0. The van der Waals surface area contributed by atoms with Crippen LogP contribution in [0.5, 0.6) is 5.75 Å². The van der Waals surface area contributed by atoms with Crippen molar-refractivity contribution in [2.24, 2.45) is 0 Å². The summed E-state index contributed by atoms with van der Waals surface area (Å²) < 4.78 is 5.98. The van der Waals surface area contributed by atoms with Crippen molar-refractivity contribution < 1.29 is 9.53 Å². The molecule has 1 amide bonds. The highest BCUT2D eigenvalue weighted by molar-refractivity contribution is 5.95. The van der Waals surface area contributed by atoms with Gasteiger partial charge in [-0.15, -0.1) is 0 Å². The molecule has 0 spiro atoms. The molecule has 24 heavy (non-hydrogen) atoms. The number of amides is 1. The van der Waals surface area contributed by atoms with Gasteiger partial charge in [0, 0.05) is 5.69 Å². The first-order valence-corrected chi connectivity index (χ1v) is 8.59. The van der Waals surface area contributed by atoms with Gasteiger partial charge >= 0.3 is 0 Å². The van der Waals surface area contributed by atoms with Crippen molar-refractivity contribution in [3.63, 3.8) is 0 Å². The first-order chi connectivity index (χ1) is 11.5. The molecule has 0 radical (unpaired) electrons. The number of carbonyl (C=O) groups is 1. The summed E-state index contributed by atoms with van der Waals surface area (Å²) in [6.45, 7) is 10.1. The van der Waals surface area contributed by atoms with Crippen LogP contribution in [0.4, 0.5) is 5.69 Å². The monoisotopic (exact) mass is 325 g/mol. The Labute approximate surface area is 145 Å². The van der Waals surface area contributed by atoms with E-state index in [1.54, 1.807) is 0 Å². The lowest BCUT2D eigenvalue weighted by molar-refractivity contribution is -0.122. The first kappa shape index (κ1) is 18.1. The molecule has 128 valence electrons. The van der Waals surface area contributed by atoms with E-state index in [9.17, 15) is 4.79 Å². The Hall–Kier alpha value is -2.29. The average molecular weight is 325 g/mol. The van der Waals surface area contributed by atoms with Crippen LogP contribution in [0.1, 0.15) is 42.5 Å². The maximum atomic E-state index is 12.7. The molecule has 0 aromatic heterocycles. The quantitative estimate of drug-likeness (QED) is 0.814. The number of ether oxygens (including phenoxy) is 1. The maximum Gasteiger partial charge on any atom is 0.265 e. The van der Waals surface area contributed by atoms with E-state index in [1.165, 1.54) is 5.56 Å². The van der Waals surface area contributed by atoms with Crippen molar-refractivity contribution in [1.82, 2.24) is 0 Å². The van der Waals surface area contributed by atoms with Crippen molar-refractivity contribution in [2.75, 3.05) is 5.32 Å². The fraction of sp³-hybridized carbons (Fsp3) is 0.381. The fourth-order valence-corrected chi connectivity index (χ4v) is 2.81. The topological polar surface area (TPSA) is 38.3 Å². The highest BCUT2D eigenvalue weighted by Gasteiger charge is 2.20. The minimum atomic E-state index is -0.504. The second-order valence-electron chi connectivity index (χ2n) is 6.24. The van der Waals surface area contributed by atoms with E-state index in [0.717, 1.165) is 34.5 Å². The van der Waals surface area contributed by atoms with Crippen LogP contribution < -0.4 is 10.1 Å². The van der Waals surface area contributed by atoms with Crippen LogP contribution in [-0.2, 0) is 11.2 Å². The number of nitrogens with one attached hydrogen (secondary N) is 1. The largest absolute Gasteiger partial charge is 0.480 e. The van der Waals surface area contributed by atoms with Gasteiger partial charge in [-0.25, -0.2) is 0 Å². The Bertz CT molecular complexity index is 722. The van der Waals surface area contributed by atoms with Crippen LogP contribution >= 0.6 is 0 Å². The molecule has 1 N–H and O–H groups in total. The minimum absolute atomic E-state index is 0.0959. The summed E-state index contributed by atoms with van der Waals surface area (Å²) in [5.41, 5.74) is 5.36. The molecule has 2 rings (SSSR count). The SMILES string of the molecule is CCc1cccc(C)c1NC(=O)C(CC)Oc1ccc(C)cc1C. The predicted molar refractivity (Wildman–Crippen MR) is 99.8 cm³/mol. The van der Waals surface area contributed by atoms with E-state index in [4.69, 9.17) is 4.74 Å². The highest BCUT2D eigenvalue weighted by Crippen LogP contribution is 2.24. The lowest BCUT2D eigenvalue weighted by Gasteiger charge is -2.20. The summed E-state index contributed by atoms with van der Waals surface area (Å²) in [7, 11) is 0. The second kappa shape index (κ2) is 8.00. The van der Waals surface area contributed by atoms with Crippen molar-refractivity contribution >= 4 is 11.6 Å². The maximum absolute atomic E-state index is 12.7. The number of carbonyl (C=O) groups excluding carboxylic acids is 1. The molecule has 3 heteroatoms. The molecule has 0 aliphatic rings. The number of para-hydroxylation sites is 1. The Kier molecular flexibility index (Phi) is 6.02. The van der Waals surface area contributed by atoms with Gasteiger partial charge in [0.15, 0.2) is 6.10 Å². The van der Waals surface area contributed by atoms with Gasteiger partial charge in [-0.05, 0) is 56.4 Å². The van der Waals surface area contributed by atoms with E-state index >= 15 is 0 Å². The zero-order valence-electron chi connectivity index (χ0n) is 15.3. The standard InChI is InChI=1S/C21H27NO2/c1-6-17-10-8-9-15(4)20(17)22-21(23)18(7-2)24-19-12-11-14(3)13-16(19)5/h8-13,18H,6-7H2,1-5H3,(H,22,23). The van der Waals surface area contributed by atoms with Crippen LogP contribution in [0.2, 0.25) is 0 Å². The normalized spacial score (nSPS) is 11.9. The van der Waals surface area contributed by atoms with Crippen LogP contribution in [0, 0.1) is 20.8 Å². The van der Waals surface area contributed by atoms with Crippen molar-refractivity contribution in [3.05, 3.63) is 58.7 Å². The molecule has 0 aliphatic heterocycles. The molecule has 1 unspecified atom stereocenters. The Morgan fingerprint density at radius 1 is 1.08 bits per heavy atom.